The quantitative estimate of drug-likeness (QED) is 0.877. The molecular weight excluding hydrogens is 266 g/mol. The fourth-order valence-electron chi connectivity index (χ4n) is 0.786. The summed E-state index contributed by atoms with van der Waals surface area (Å²) in [5.74, 6) is -0.192. The molecule has 0 fully saturated rings. The molecule has 1 aromatic rings. The van der Waals surface area contributed by atoms with Gasteiger partial charge in [0.25, 0.3) is 5.91 Å². The molecule has 0 radical (unpaired) electrons. The van der Waals surface area contributed by atoms with Gasteiger partial charge < -0.3 is 11.1 Å². The molecular formula is C8H12BrN3OS. The number of amides is 1. The summed E-state index contributed by atoms with van der Waals surface area (Å²) >= 11 is 4.64. The molecule has 2 atom stereocenters. The third-order valence-corrected chi connectivity index (χ3v) is 3.43. The van der Waals surface area contributed by atoms with Crippen LogP contribution in [0.25, 0.3) is 0 Å². The molecule has 0 aliphatic carbocycles. The van der Waals surface area contributed by atoms with Gasteiger partial charge in [0, 0.05) is 12.1 Å². The Bertz CT molecular complexity index is 326. The van der Waals surface area contributed by atoms with Crippen LogP contribution in [0.2, 0.25) is 0 Å². The molecule has 4 nitrogen and oxygen atoms in total. The zero-order valence-corrected chi connectivity index (χ0v) is 10.4. The molecule has 0 spiro atoms. The molecule has 1 amide bonds. The van der Waals surface area contributed by atoms with E-state index in [1.807, 2.05) is 13.8 Å². The lowest BCUT2D eigenvalue weighted by Gasteiger charge is -2.16. The Morgan fingerprint density at radius 2 is 2.36 bits per heavy atom. The van der Waals surface area contributed by atoms with Gasteiger partial charge in [-0.15, -0.1) is 11.3 Å². The highest BCUT2D eigenvalue weighted by Crippen LogP contribution is 2.20. The number of nitrogens with two attached hydrogens (primary N) is 1. The monoisotopic (exact) mass is 277 g/mol. The second-order valence-electron chi connectivity index (χ2n) is 3.10. The first-order valence-corrected chi connectivity index (χ1v) is 5.85. The number of carbonyl (C=O) groups excluding carboxylic acids is 1. The van der Waals surface area contributed by atoms with Gasteiger partial charge in [0.2, 0.25) is 0 Å². The number of hydrogen-bond donors (Lipinski definition) is 2. The van der Waals surface area contributed by atoms with Gasteiger partial charge in [0.1, 0.15) is 3.79 Å². The van der Waals surface area contributed by atoms with E-state index >= 15 is 0 Å². The molecule has 78 valence electrons. The molecule has 0 saturated carbocycles. The maximum atomic E-state index is 11.6. The molecule has 2 unspecified atom stereocenters. The van der Waals surface area contributed by atoms with E-state index in [2.05, 4.69) is 26.2 Å². The topological polar surface area (TPSA) is 68.0 Å². The molecule has 1 heterocycles. The Labute approximate surface area is 95.0 Å². The number of hydrogen-bond acceptors (Lipinski definition) is 4. The SMILES string of the molecule is CC(N)C(C)NC(=O)c1ncsc1Br. The molecule has 0 aliphatic heterocycles. The number of carbonyl (C=O) groups is 1. The van der Waals surface area contributed by atoms with Crippen molar-refractivity contribution in [1.29, 1.82) is 0 Å². The lowest BCUT2D eigenvalue weighted by atomic mass is 10.2. The van der Waals surface area contributed by atoms with E-state index < -0.39 is 0 Å². The second-order valence-corrected chi connectivity index (χ2v) is 5.27. The van der Waals surface area contributed by atoms with E-state index in [0.717, 1.165) is 3.79 Å². The number of halogens is 1. The number of rotatable bonds is 3. The maximum Gasteiger partial charge on any atom is 0.272 e. The van der Waals surface area contributed by atoms with Crippen molar-refractivity contribution in [3.63, 3.8) is 0 Å². The summed E-state index contributed by atoms with van der Waals surface area (Å²) in [5, 5.41) is 2.77. The second kappa shape index (κ2) is 4.86. The third-order valence-electron chi connectivity index (χ3n) is 1.89. The first kappa shape index (κ1) is 11.6. The van der Waals surface area contributed by atoms with Crippen LogP contribution in [-0.4, -0.2) is 23.0 Å². The zero-order chi connectivity index (χ0) is 10.7. The van der Waals surface area contributed by atoms with Crippen molar-refractivity contribution in [2.45, 2.75) is 25.9 Å². The van der Waals surface area contributed by atoms with Crippen molar-refractivity contribution in [3.8, 4) is 0 Å². The molecule has 0 aliphatic rings. The molecule has 0 aromatic carbocycles. The first-order chi connectivity index (χ1) is 6.52. The van der Waals surface area contributed by atoms with Crippen molar-refractivity contribution in [1.82, 2.24) is 10.3 Å². The van der Waals surface area contributed by atoms with Gasteiger partial charge in [-0.3, -0.25) is 4.79 Å². The summed E-state index contributed by atoms with van der Waals surface area (Å²) in [6, 6.07) is -0.132. The highest BCUT2D eigenvalue weighted by Gasteiger charge is 2.16. The Balaban J connectivity index is 2.64. The molecule has 0 bridgehead atoms. The Morgan fingerprint density at radius 3 is 2.79 bits per heavy atom. The molecule has 3 N–H and O–H groups in total. The normalized spacial score (nSPS) is 14.9. The zero-order valence-electron chi connectivity index (χ0n) is 7.95. The minimum atomic E-state index is -0.192. The Morgan fingerprint density at radius 1 is 1.71 bits per heavy atom. The van der Waals surface area contributed by atoms with Gasteiger partial charge in [-0.2, -0.15) is 0 Å². The number of nitrogens with one attached hydrogen (secondary N) is 1. The van der Waals surface area contributed by atoms with Crippen molar-refractivity contribution in [2.24, 2.45) is 5.73 Å². The van der Waals surface area contributed by atoms with Gasteiger partial charge in [-0.05, 0) is 29.8 Å². The molecule has 1 aromatic heterocycles. The minimum absolute atomic E-state index is 0.0592. The van der Waals surface area contributed by atoms with Crippen LogP contribution in [0.1, 0.15) is 24.3 Å². The lowest BCUT2D eigenvalue weighted by Crippen LogP contribution is -2.44. The smallest absolute Gasteiger partial charge is 0.272 e. The maximum absolute atomic E-state index is 11.6. The van der Waals surface area contributed by atoms with Crippen molar-refractivity contribution >= 4 is 33.2 Å². The summed E-state index contributed by atoms with van der Waals surface area (Å²) in [6.45, 7) is 3.71. The average Bonchev–Trinajstić information content (AvgIpc) is 2.51. The first-order valence-electron chi connectivity index (χ1n) is 4.17. The van der Waals surface area contributed by atoms with Gasteiger partial charge in [0.05, 0.1) is 5.51 Å². The fourth-order valence-corrected chi connectivity index (χ4v) is 1.83. The van der Waals surface area contributed by atoms with Crippen molar-refractivity contribution in [3.05, 3.63) is 15.0 Å². The van der Waals surface area contributed by atoms with Crippen LogP contribution in [0.3, 0.4) is 0 Å². The van der Waals surface area contributed by atoms with Gasteiger partial charge >= 0.3 is 0 Å². The van der Waals surface area contributed by atoms with E-state index in [0.29, 0.717) is 5.69 Å². The minimum Gasteiger partial charge on any atom is -0.347 e. The van der Waals surface area contributed by atoms with Crippen molar-refractivity contribution in [2.75, 3.05) is 0 Å². The fraction of sp³-hybridized carbons (Fsp3) is 0.500. The van der Waals surface area contributed by atoms with E-state index in [9.17, 15) is 4.79 Å². The van der Waals surface area contributed by atoms with Crippen LogP contribution in [0.15, 0.2) is 9.30 Å². The predicted molar refractivity (Wildman–Crippen MR) is 60.4 cm³/mol. The van der Waals surface area contributed by atoms with Gasteiger partial charge in [-0.25, -0.2) is 4.98 Å². The molecule has 6 heteroatoms. The van der Waals surface area contributed by atoms with Crippen LogP contribution >= 0.6 is 27.3 Å². The summed E-state index contributed by atoms with van der Waals surface area (Å²) in [7, 11) is 0. The standard InChI is InChI=1S/C8H12BrN3OS/c1-4(10)5(2)12-8(13)6-7(9)14-3-11-6/h3-5H,10H2,1-2H3,(H,12,13). The summed E-state index contributed by atoms with van der Waals surface area (Å²) in [5.41, 5.74) is 7.67. The van der Waals surface area contributed by atoms with Gasteiger partial charge in [0.15, 0.2) is 5.69 Å². The Kier molecular flexibility index (Phi) is 4.03. The van der Waals surface area contributed by atoms with E-state index in [4.69, 9.17) is 5.73 Å². The number of nitrogens with zero attached hydrogens (tertiary/aromatic N) is 1. The van der Waals surface area contributed by atoms with Crippen LogP contribution in [-0.2, 0) is 0 Å². The summed E-state index contributed by atoms with van der Waals surface area (Å²) in [6.07, 6.45) is 0. The average molecular weight is 278 g/mol. The highest BCUT2D eigenvalue weighted by atomic mass is 79.9. The number of thiazole rings is 1. The third kappa shape index (κ3) is 2.76. The largest absolute Gasteiger partial charge is 0.347 e. The molecule has 0 saturated heterocycles. The van der Waals surface area contributed by atoms with Crippen LogP contribution in [0.5, 0.6) is 0 Å². The van der Waals surface area contributed by atoms with Gasteiger partial charge in [-0.1, -0.05) is 0 Å². The summed E-state index contributed by atoms with van der Waals surface area (Å²) < 4.78 is 0.742. The highest BCUT2D eigenvalue weighted by molar-refractivity contribution is 9.11. The van der Waals surface area contributed by atoms with Crippen LogP contribution in [0.4, 0.5) is 0 Å². The van der Waals surface area contributed by atoms with Crippen LogP contribution in [0, 0.1) is 0 Å². The van der Waals surface area contributed by atoms with E-state index in [1.165, 1.54) is 11.3 Å². The molecule has 14 heavy (non-hydrogen) atoms. The Hall–Kier alpha value is -0.460. The molecule has 1 rings (SSSR count). The number of aromatic nitrogens is 1. The predicted octanol–water partition coefficient (Wildman–Crippen LogP) is 1.37. The van der Waals surface area contributed by atoms with E-state index in [1.54, 1.807) is 5.51 Å². The van der Waals surface area contributed by atoms with Crippen molar-refractivity contribution < 1.29 is 4.79 Å². The van der Waals surface area contributed by atoms with Crippen LogP contribution < -0.4 is 11.1 Å². The summed E-state index contributed by atoms with van der Waals surface area (Å²) in [4.78, 5) is 15.5. The van der Waals surface area contributed by atoms with E-state index in [-0.39, 0.29) is 18.0 Å². The lowest BCUT2D eigenvalue weighted by molar-refractivity contribution is 0.0930.